The number of ether oxygens (including phenoxy) is 1. The third kappa shape index (κ3) is 11.6. The Labute approximate surface area is 230 Å². The molecule has 38 heavy (non-hydrogen) atoms. The van der Waals surface area contributed by atoms with Gasteiger partial charge in [0.05, 0.1) is 37.1 Å². The van der Waals surface area contributed by atoms with Gasteiger partial charge in [-0.15, -0.1) is 0 Å². The maximum atomic E-state index is 13.0. The molecule has 1 aliphatic rings. The lowest BCUT2D eigenvalue weighted by Crippen LogP contribution is -2.57. The van der Waals surface area contributed by atoms with Crippen molar-refractivity contribution in [3.63, 3.8) is 0 Å². The number of urea groups is 1. The lowest BCUT2D eigenvalue weighted by molar-refractivity contribution is -0.157. The first-order chi connectivity index (χ1) is 17.1. The van der Waals surface area contributed by atoms with E-state index in [-0.39, 0.29) is 30.3 Å². The van der Waals surface area contributed by atoms with Crippen molar-refractivity contribution in [2.75, 3.05) is 6.61 Å². The molecular formula is C29H58N2O7. The lowest BCUT2D eigenvalue weighted by atomic mass is 9.70. The molecule has 226 valence electrons. The molecule has 1 rings (SSSR count). The number of nitrogens with one attached hydrogen (secondary N) is 2. The topological polar surface area (TPSA) is 152 Å². The highest BCUT2D eigenvalue weighted by atomic mass is 16.5. The normalized spacial score (nSPS) is 26.0. The van der Waals surface area contributed by atoms with Gasteiger partial charge in [0.2, 0.25) is 0 Å². The van der Waals surface area contributed by atoms with Gasteiger partial charge in [0.15, 0.2) is 0 Å². The van der Waals surface area contributed by atoms with Crippen LogP contribution in [0.5, 0.6) is 0 Å². The minimum absolute atomic E-state index is 0.0106. The van der Waals surface area contributed by atoms with E-state index in [2.05, 4.69) is 52.2 Å². The zero-order chi connectivity index (χ0) is 29.7. The Morgan fingerprint density at radius 1 is 0.921 bits per heavy atom. The van der Waals surface area contributed by atoms with Crippen LogP contribution in [-0.2, 0) is 4.74 Å². The SMILES string of the molecule is CCC(C)(C)CC(C)(C)C(O)CC(O)C(COC1CCC(O)C(O)C1O)NC(=O)NC(C)(C)CC(C)(C)C. The van der Waals surface area contributed by atoms with Crippen LogP contribution in [0.25, 0.3) is 0 Å². The summed E-state index contributed by atoms with van der Waals surface area (Å²) in [4.78, 5) is 13.0. The Kier molecular flexibility index (Phi) is 12.5. The van der Waals surface area contributed by atoms with E-state index in [9.17, 15) is 30.3 Å². The molecule has 7 unspecified atom stereocenters. The minimum Gasteiger partial charge on any atom is -0.392 e. The molecule has 0 spiro atoms. The van der Waals surface area contributed by atoms with Gasteiger partial charge in [0, 0.05) is 12.0 Å². The predicted octanol–water partition coefficient (Wildman–Crippen LogP) is 3.10. The molecule has 0 aromatic heterocycles. The van der Waals surface area contributed by atoms with Gasteiger partial charge in [0.1, 0.15) is 12.2 Å². The van der Waals surface area contributed by atoms with Gasteiger partial charge in [-0.2, -0.15) is 0 Å². The highest BCUT2D eigenvalue weighted by Gasteiger charge is 2.40. The molecule has 1 saturated carbocycles. The standard InChI is InChI=1S/C29H58N2O7/c1-11-27(5,6)17-28(7,8)22(34)14-20(33)18(15-38-21-13-12-19(32)23(35)24(21)36)30-25(37)31-29(9,10)16-26(2,3)4/h18-24,32-36H,11-17H2,1-10H3,(H2,30,31,37). The van der Waals surface area contributed by atoms with Gasteiger partial charge in [-0.3, -0.25) is 0 Å². The first-order valence-corrected chi connectivity index (χ1v) is 14.2. The Hall–Kier alpha value is -0.970. The molecule has 0 heterocycles. The molecule has 9 nitrogen and oxygen atoms in total. The first kappa shape index (κ1) is 35.1. The number of amides is 2. The van der Waals surface area contributed by atoms with E-state index in [0.717, 1.165) is 19.3 Å². The number of aliphatic hydroxyl groups excluding tert-OH is 5. The van der Waals surface area contributed by atoms with Crippen LogP contribution in [0.4, 0.5) is 4.79 Å². The zero-order valence-electron chi connectivity index (χ0n) is 25.5. The van der Waals surface area contributed by atoms with Crippen molar-refractivity contribution in [2.24, 2.45) is 16.2 Å². The molecule has 0 bridgehead atoms. The first-order valence-electron chi connectivity index (χ1n) is 14.2. The van der Waals surface area contributed by atoms with Gasteiger partial charge in [-0.1, -0.05) is 61.8 Å². The van der Waals surface area contributed by atoms with Crippen molar-refractivity contribution >= 4 is 6.03 Å². The second-order valence-corrected chi connectivity index (χ2v) is 14.8. The van der Waals surface area contributed by atoms with Gasteiger partial charge in [-0.05, 0) is 55.8 Å². The highest BCUT2D eigenvalue weighted by Crippen LogP contribution is 2.39. The van der Waals surface area contributed by atoms with E-state index in [1.54, 1.807) is 0 Å². The fraction of sp³-hybridized carbons (Fsp3) is 0.966. The Bertz CT molecular complexity index is 735. The largest absolute Gasteiger partial charge is 0.392 e. The zero-order valence-corrected chi connectivity index (χ0v) is 25.5. The van der Waals surface area contributed by atoms with Crippen molar-refractivity contribution in [2.45, 2.75) is 156 Å². The third-order valence-electron chi connectivity index (χ3n) is 7.83. The second-order valence-electron chi connectivity index (χ2n) is 14.8. The maximum Gasteiger partial charge on any atom is 0.315 e. The number of rotatable bonds is 13. The maximum absolute atomic E-state index is 13.0. The van der Waals surface area contributed by atoms with Crippen LogP contribution >= 0.6 is 0 Å². The summed E-state index contributed by atoms with van der Waals surface area (Å²) >= 11 is 0. The van der Waals surface area contributed by atoms with E-state index in [1.807, 2.05) is 27.7 Å². The summed E-state index contributed by atoms with van der Waals surface area (Å²) in [5, 5.41) is 58.3. The Balaban J connectivity index is 3.00. The Morgan fingerprint density at radius 3 is 2.03 bits per heavy atom. The molecule has 7 N–H and O–H groups in total. The fourth-order valence-corrected chi connectivity index (χ4v) is 5.85. The van der Waals surface area contributed by atoms with Gasteiger partial charge < -0.3 is 40.9 Å². The van der Waals surface area contributed by atoms with Crippen LogP contribution in [0.2, 0.25) is 0 Å². The van der Waals surface area contributed by atoms with Crippen molar-refractivity contribution < 1.29 is 35.1 Å². The van der Waals surface area contributed by atoms with Crippen molar-refractivity contribution in [3.05, 3.63) is 0 Å². The molecule has 1 fully saturated rings. The molecule has 0 aromatic carbocycles. The molecule has 1 aliphatic carbocycles. The number of carbonyl (C=O) groups excluding carboxylic acids is 1. The molecule has 0 aliphatic heterocycles. The average molecular weight is 547 g/mol. The summed E-state index contributed by atoms with van der Waals surface area (Å²) in [7, 11) is 0. The lowest BCUT2D eigenvalue weighted by Gasteiger charge is -2.40. The van der Waals surface area contributed by atoms with Crippen LogP contribution in [0.3, 0.4) is 0 Å². The summed E-state index contributed by atoms with van der Waals surface area (Å²) in [5.41, 5.74) is -0.963. The van der Waals surface area contributed by atoms with Crippen LogP contribution in [0.1, 0.15) is 108 Å². The summed E-state index contributed by atoms with van der Waals surface area (Å²) < 4.78 is 5.87. The smallest absolute Gasteiger partial charge is 0.315 e. The van der Waals surface area contributed by atoms with Crippen LogP contribution in [0.15, 0.2) is 0 Å². The number of hydrogen-bond donors (Lipinski definition) is 7. The van der Waals surface area contributed by atoms with E-state index in [4.69, 9.17) is 4.74 Å². The fourth-order valence-electron chi connectivity index (χ4n) is 5.85. The van der Waals surface area contributed by atoms with Crippen molar-refractivity contribution in [3.8, 4) is 0 Å². The molecular weight excluding hydrogens is 488 g/mol. The van der Waals surface area contributed by atoms with Crippen molar-refractivity contribution in [1.29, 1.82) is 0 Å². The summed E-state index contributed by atoms with van der Waals surface area (Å²) in [6.45, 7) is 20.4. The van der Waals surface area contributed by atoms with Gasteiger partial charge in [-0.25, -0.2) is 4.79 Å². The third-order valence-corrected chi connectivity index (χ3v) is 7.83. The summed E-state index contributed by atoms with van der Waals surface area (Å²) in [6.07, 6.45) is -3.26. The highest BCUT2D eigenvalue weighted by molar-refractivity contribution is 5.75. The van der Waals surface area contributed by atoms with Crippen LogP contribution < -0.4 is 10.6 Å². The Morgan fingerprint density at radius 2 is 1.50 bits per heavy atom. The van der Waals surface area contributed by atoms with Gasteiger partial charge in [0.25, 0.3) is 0 Å². The van der Waals surface area contributed by atoms with E-state index >= 15 is 0 Å². The molecule has 0 aromatic rings. The monoisotopic (exact) mass is 546 g/mol. The number of aliphatic hydroxyl groups is 5. The van der Waals surface area contributed by atoms with E-state index in [0.29, 0.717) is 6.42 Å². The minimum atomic E-state index is -1.32. The predicted molar refractivity (Wildman–Crippen MR) is 150 cm³/mol. The van der Waals surface area contributed by atoms with Crippen LogP contribution in [0, 0.1) is 16.2 Å². The molecule has 2 amide bonds. The quantitative estimate of drug-likeness (QED) is 0.187. The number of hydrogen-bond acceptors (Lipinski definition) is 7. The summed E-state index contributed by atoms with van der Waals surface area (Å²) in [6, 6.07) is -1.34. The molecule has 9 heteroatoms. The summed E-state index contributed by atoms with van der Waals surface area (Å²) in [5.74, 6) is 0. The van der Waals surface area contributed by atoms with E-state index < -0.39 is 59.7 Å². The molecule has 7 atom stereocenters. The van der Waals surface area contributed by atoms with Gasteiger partial charge >= 0.3 is 6.03 Å². The number of carbonyl (C=O) groups is 1. The average Bonchev–Trinajstić information content (AvgIpc) is 2.73. The van der Waals surface area contributed by atoms with Crippen molar-refractivity contribution in [1.82, 2.24) is 10.6 Å². The van der Waals surface area contributed by atoms with E-state index in [1.165, 1.54) is 0 Å². The second kappa shape index (κ2) is 13.6. The molecule has 0 radical (unpaired) electrons. The van der Waals surface area contributed by atoms with Crippen LogP contribution in [-0.4, -0.2) is 86.4 Å². The molecule has 0 saturated heterocycles.